The van der Waals surface area contributed by atoms with Gasteiger partial charge >= 0.3 is 0 Å². The molecule has 1 saturated heterocycles. The summed E-state index contributed by atoms with van der Waals surface area (Å²) in [6, 6.07) is 1.92. The van der Waals surface area contributed by atoms with Crippen LogP contribution in [-0.2, 0) is 10.0 Å². The minimum absolute atomic E-state index is 0.143. The Morgan fingerprint density at radius 1 is 1.19 bits per heavy atom. The van der Waals surface area contributed by atoms with Gasteiger partial charge in [-0.25, -0.2) is 17.2 Å². The van der Waals surface area contributed by atoms with Gasteiger partial charge in [-0.3, -0.25) is 0 Å². The highest BCUT2D eigenvalue weighted by atomic mass is 32.2. The molecule has 0 aliphatic carbocycles. The van der Waals surface area contributed by atoms with E-state index in [4.69, 9.17) is 5.73 Å². The van der Waals surface area contributed by atoms with Crippen molar-refractivity contribution in [3.05, 3.63) is 23.8 Å². The Kier molecular flexibility index (Phi) is 4.50. The molecule has 1 heterocycles. The third kappa shape index (κ3) is 3.17. The van der Waals surface area contributed by atoms with Crippen LogP contribution >= 0.6 is 0 Å². The molecule has 1 aliphatic heterocycles. The van der Waals surface area contributed by atoms with E-state index in [0.29, 0.717) is 12.8 Å². The lowest BCUT2D eigenvalue weighted by molar-refractivity contribution is 0.196. The molecule has 1 aromatic rings. The second-order valence-corrected chi connectivity index (χ2v) is 7.29. The zero-order valence-electron chi connectivity index (χ0n) is 12.0. The van der Waals surface area contributed by atoms with Crippen molar-refractivity contribution in [1.29, 1.82) is 0 Å². The highest BCUT2D eigenvalue weighted by molar-refractivity contribution is 7.89. The van der Waals surface area contributed by atoms with Gasteiger partial charge in [0.05, 0.1) is 0 Å². The van der Waals surface area contributed by atoms with Crippen molar-refractivity contribution in [2.45, 2.75) is 23.8 Å². The van der Waals surface area contributed by atoms with Crippen molar-refractivity contribution < 1.29 is 17.2 Å². The Morgan fingerprint density at radius 3 is 2.10 bits per heavy atom. The molecule has 5 nitrogen and oxygen atoms in total. The van der Waals surface area contributed by atoms with E-state index in [1.165, 1.54) is 0 Å². The Balaban J connectivity index is 2.28. The zero-order valence-corrected chi connectivity index (χ0v) is 12.8. The van der Waals surface area contributed by atoms with Crippen LogP contribution in [-0.4, -0.2) is 50.8 Å². The van der Waals surface area contributed by atoms with Gasteiger partial charge in [0.1, 0.15) is 11.6 Å². The summed E-state index contributed by atoms with van der Waals surface area (Å²) in [5, 5.41) is 0. The first-order valence-corrected chi connectivity index (χ1v) is 8.08. The van der Waals surface area contributed by atoms with Gasteiger partial charge in [0, 0.05) is 24.8 Å². The molecule has 118 valence electrons. The topological polar surface area (TPSA) is 66.6 Å². The van der Waals surface area contributed by atoms with Crippen LogP contribution < -0.4 is 5.73 Å². The summed E-state index contributed by atoms with van der Waals surface area (Å²) in [6.07, 6.45) is 1.26. The molecule has 1 fully saturated rings. The number of nitrogens with zero attached hydrogens (tertiary/aromatic N) is 2. The molecular weight excluding hydrogens is 300 g/mol. The fraction of sp³-hybridized carbons (Fsp3) is 0.538. The number of rotatable bonds is 3. The second-order valence-electron chi connectivity index (χ2n) is 5.41. The molecule has 2 N–H and O–H groups in total. The highest BCUT2D eigenvalue weighted by Crippen LogP contribution is 2.27. The second kappa shape index (κ2) is 5.86. The first kappa shape index (κ1) is 16.1. The lowest BCUT2D eigenvalue weighted by Gasteiger charge is -2.34. The van der Waals surface area contributed by atoms with Crippen LogP contribution in [0, 0.1) is 11.6 Å². The normalized spacial score (nSPS) is 18.3. The maximum Gasteiger partial charge on any atom is 0.248 e. The third-order valence-electron chi connectivity index (χ3n) is 3.77. The van der Waals surface area contributed by atoms with Crippen LogP contribution in [0.15, 0.2) is 17.0 Å². The van der Waals surface area contributed by atoms with E-state index in [1.807, 2.05) is 19.0 Å². The van der Waals surface area contributed by atoms with Crippen molar-refractivity contribution in [3.8, 4) is 0 Å². The molecule has 1 aromatic carbocycles. The van der Waals surface area contributed by atoms with E-state index in [0.717, 1.165) is 16.4 Å². The van der Waals surface area contributed by atoms with Crippen molar-refractivity contribution in [2.24, 2.45) is 0 Å². The summed E-state index contributed by atoms with van der Waals surface area (Å²) < 4.78 is 53.6. The van der Waals surface area contributed by atoms with Gasteiger partial charge in [0.15, 0.2) is 4.90 Å². The number of nitrogen functional groups attached to an aromatic ring is 1. The van der Waals surface area contributed by atoms with Gasteiger partial charge in [0.25, 0.3) is 0 Å². The number of hydrogen-bond donors (Lipinski definition) is 1. The summed E-state index contributed by atoms with van der Waals surface area (Å²) >= 11 is 0. The Labute approximate surface area is 123 Å². The van der Waals surface area contributed by atoms with Crippen LogP contribution in [0.4, 0.5) is 14.5 Å². The van der Waals surface area contributed by atoms with Gasteiger partial charge in [-0.05, 0) is 39.1 Å². The van der Waals surface area contributed by atoms with Gasteiger partial charge in [0.2, 0.25) is 10.0 Å². The van der Waals surface area contributed by atoms with Gasteiger partial charge in [-0.15, -0.1) is 0 Å². The molecule has 21 heavy (non-hydrogen) atoms. The predicted molar refractivity (Wildman–Crippen MR) is 76.2 cm³/mol. The molecule has 0 aromatic heterocycles. The summed E-state index contributed by atoms with van der Waals surface area (Å²) in [5.74, 6) is -2.30. The van der Waals surface area contributed by atoms with E-state index in [1.54, 1.807) is 0 Å². The molecule has 1 aliphatic rings. The molecule has 8 heteroatoms. The minimum atomic E-state index is -4.18. The quantitative estimate of drug-likeness (QED) is 0.852. The Morgan fingerprint density at radius 2 is 1.67 bits per heavy atom. The molecule has 0 saturated carbocycles. The molecule has 0 amide bonds. The third-order valence-corrected chi connectivity index (χ3v) is 5.72. The largest absolute Gasteiger partial charge is 0.399 e. The Hall–Kier alpha value is -1.25. The van der Waals surface area contributed by atoms with Crippen LogP contribution in [0.1, 0.15) is 12.8 Å². The molecule has 0 unspecified atom stereocenters. The number of piperidine rings is 1. The van der Waals surface area contributed by atoms with Crippen LogP contribution in [0.25, 0.3) is 0 Å². The number of benzene rings is 1. The van der Waals surface area contributed by atoms with Crippen molar-refractivity contribution in [1.82, 2.24) is 9.21 Å². The standard InChI is InChI=1S/C13H19F2N3O2S/c1-17(2)10-3-5-18(6-4-10)21(19,20)13-11(14)7-9(16)8-12(13)15/h7-8,10H,3-6,16H2,1-2H3. The number of sulfonamides is 1. The molecule has 0 spiro atoms. The molecule has 0 atom stereocenters. The lowest BCUT2D eigenvalue weighted by Crippen LogP contribution is -2.44. The smallest absolute Gasteiger partial charge is 0.248 e. The molecule has 2 rings (SSSR count). The Bertz CT molecular complexity index is 603. The van der Waals surface area contributed by atoms with Gasteiger partial charge in [-0.1, -0.05) is 0 Å². The first-order chi connectivity index (χ1) is 9.73. The SMILES string of the molecule is CN(C)C1CCN(S(=O)(=O)c2c(F)cc(N)cc2F)CC1. The van der Waals surface area contributed by atoms with Gasteiger partial charge < -0.3 is 10.6 Å². The molecule has 0 radical (unpaired) electrons. The summed E-state index contributed by atoms with van der Waals surface area (Å²) in [6.45, 7) is 0.489. The van der Waals surface area contributed by atoms with E-state index >= 15 is 0 Å². The summed E-state index contributed by atoms with van der Waals surface area (Å²) in [5.41, 5.74) is 5.16. The predicted octanol–water partition coefficient (Wildman–Crippen LogP) is 1.26. The van der Waals surface area contributed by atoms with Crippen LogP contribution in [0.3, 0.4) is 0 Å². The zero-order chi connectivity index (χ0) is 15.8. The van der Waals surface area contributed by atoms with Crippen molar-refractivity contribution >= 4 is 15.7 Å². The number of anilines is 1. The summed E-state index contributed by atoms with van der Waals surface area (Å²) in [4.78, 5) is 1.11. The van der Waals surface area contributed by atoms with Crippen molar-refractivity contribution in [2.75, 3.05) is 32.9 Å². The van der Waals surface area contributed by atoms with E-state index in [-0.39, 0.29) is 24.8 Å². The summed E-state index contributed by atoms with van der Waals surface area (Å²) in [7, 11) is -0.331. The first-order valence-electron chi connectivity index (χ1n) is 6.64. The van der Waals surface area contributed by atoms with E-state index in [9.17, 15) is 17.2 Å². The number of hydrogen-bond acceptors (Lipinski definition) is 4. The van der Waals surface area contributed by atoms with Crippen LogP contribution in [0.5, 0.6) is 0 Å². The highest BCUT2D eigenvalue weighted by Gasteiger charge is 2.34. The lowest BCUT2D eigenvalue weighted by atomic mass is 10.1. The maximum atomic E-state index is 13.8. The fourth-order valence-corrected chi connectivity index (χ4v) is 4.11. The minimum Gasteiger partial charge on any atom is -0.399 e. The van der Waals surface area contributed by atoms with Crippen LogP contribution in [0.2, 0.25) is 0 Å². The fourth-order valence-electron chi connectivity index (χ4n) is 2.55. The number of halogens is 2. The average molecular weight is 319 g/mol. The molecule has 0 bridgehead atoms. The van der Waals surface area contributed by atoms with E-state index in [2.05, 4.69) is 0 Å². The van der Waals surface area contributed by atoms with Gasteiger partial charge in [-0.2, -0.15) is 4.31 Å². The van der Waals surface area contributed by atoms with Crippen molar-refractivity contribution in [3.63, 3.8) is 0 Å². The van der Waals surface area contributed by atoms with E-state index < -0.39 is 26.6 Å². The molecular formula is C13H19F2N3O2S. The monoisotopic (exact) mass is 319 g/mol. The number of nitrogens with two attached hydrogens (primary N) is 1. The maximum absolute atomic E-state index is 13.8. The average Bonchev–Trinajstić information content (AvgIpc) is 2.37.